The summed E-state index contributed by atoms with van der Waals surface area (Å²) >= 11 is 6.09. The van der Waals surface area contributed by atoms with E-state index in [1.807, 2.05) is 26.0 Å². The Labute approximate surface area is 171 Å². The normalized spacial score (nSPS) is 26.1. The molecule has 0 radical (unpaired) electrons. The van der Waals surface area contributed by atoms with Crippen molar-refractivity contribution in [2.45, 2.75) is 53.9 Å². The van der Waals surface area contributed by atoms with Gasteiger partial charge in [-0.15, -0.1) is 0 Å². The minimum Gasteiger partial charge on any atom is -0.507 e. The zero-order valence-electron chi connectivity index (χ0n) is 17.2. The molecule has 2 N–H and O–H groups in total. The smallest absolute Gasteiger partial charge is 0.154 e. The molecule has 1 fully saturated rings. The maximum absolute atomic E-state index is 12.2. The first-order valence-corrected chi connectivity index (χ1v) is 9.99. The number of ketones is 1. The van der Waals surface area contributed by atoms with E-state index in [2.05, 4.69) is 19.9 Å². The molecule has 0 amide bonds. The van der Waals surface area contributed by atoms with Crippen LogP contribution in [-0.2, 0) is 11.2 Å². The molecule has 0 bridgehead atoms. The Kier molecular flexibility index (Phi) is 6.76. The van der Waals surface area contributed by atoms with Crippen LogP contribution in [0.3, 0.4) is 0 Å². The summed E-state index contributed by atoms with van der Waals surface area (Å²) in [5, 5.41) is 20.7. The zero-order valence-corrected chi connectivity index (χ0v) is 17.9. The fraction of sp³-hybridized carbons (Fsp3) is 0.478. The molecule has 0 heterocycles. The van der Waals surface area contributed by atoms with Crippen LogP contribution in [0.1, 0.15) is 62.0 Å². The monoisotopic (exact) mass is 404 g/mol. The van der Waals surface area contributed by atoms with Crippen molar-refractivity contribution in [2.75, 3.05) is 0 Å². The number of rotatable bonds is 5. The number of Topliss-reactive ketones (excluding diaryl/α,β-unsaturated/α-hetero) is 1. The van der Waals surface area contributed by atoms with Gasteiger partial charge < -0.3 is 10.2 Å². The Hall–Kier alpha value is -2.07. The highest BCUT2D eigenvalue weighted by molar-refractivity contribution is 6.33. The molecule has 0 aliphatic heterocycles. The Morgan fingerprint density at radius 2 is 1.93 bits per heavy atom. The molecule has 152 valence electrons. The molecule has 0 aromatic heterocycles. The first-order valence-electron chi connectivity index (χ1n) is 9.61. The maximum atomic E-state index is 12.2. The Balaban J connectivity index is 2.28. The van der Waals surface area contributed by atoms with Crippen molar-refractivity contribution >= 4 is 23.7 Å². The average molecular weight is 405 g/mol. The maximum Gasteiger partial charge on any atom is 0.154 e. The molecule has 1 saturated carbocycles. The lowest BCUT2D eigenvalue weighted by atomic mass is 9.61. The molecule has 1 aromatic carbocycles. The molecule has 0 spiro atoms. The molecule has 28 heavy (non-hydrogen) atoms. The van der Waals surface area contributed by atoms with Crippen LogP contribution >= 0.6 is 11.6 Å². The highest BCUT2D eigenvalue weighted by atomic mass is 35.5. The van der Waals surface area contributed by atoms with Gasteiger partial charge in [-0.25, -0.2) is 0 Å². The van der Waals surface area contributed by atoms with Crippen molar-refractivity contribution in [1.29, 1.82) is 0 Å². The van der Waals surface area contributed by atoms with E-state index < -0.39 is 0 Å². The Morgan fingerprint density at radius 3 is 2.54 bits per heavy atom. The predicted molar refractivity (Wildman–Crippen MR) is 112 cm³/mol. The van der Waals surface area contributed by atoms with Gasteiger partial charge in [0.2, 0.25) is 0 Å². The number of phenolic OH excluding ortho intramolecular Hbond substituents is 2. The molecule has 4 nitrogen and oxygen atoms in total. The molecule has 3 atom stereocenters. The lowest BCUT2D eigenvalue weighted by Gasteiger charge is -2.42. The van der Waals surface area contributed by atoms with Crippen LogP contribution < -0.4 is 0 Å². The third-order valence-electron chi connectivity index (χ3n) is 6.52. The van der Waals surface area contributed by atoms with Crippen LogP contribution in [0.2, 0.25) is 5.02 Å². The molecular formula is C23H29ClO4. The molecule has 5 heteroatoms. The van der Waals surface area contributed by atoms with Crippen molar-refractivity contribution < 1.29 is 19.8 Å². The summed E-state index contributed by atoms with van der Waals surface area (Å²) in [6, 6.07) is 0. The van der Waals surface area contributed by atoms with Gasteiger partial charge >= 0.3 is 0 Å². The number of benzene rings is 1. The number of carbonyl (C=O) groups excluding carboxylic acids is 2. The molecule has 1 aliphatic rings. The third-order valence-corrected chi connectivity index (χ3v) is 6.98. The minimum atomic E-state index is -0.241. The summed E-state index contributed by atoms with van der Waals surface area (Å²) in [4.78, 5) is 23.4. The minimum absolute atomic E-state index is 0.0283. The zero-order chi connectivity index (χ0) is 21.2. The topological polar surface area (TPSA) is 74.6 Å². The fourth-order valence-corrected chi connectivity index (χ4v) is 4.04. The van der Waals surface area contributed by atoms with Crippen LogP contribution in [0.25, 0.3) is 0 Å². The van der Waals surface area contributed by atoms with E-state index in [4.69, 9.17) is 11.6 Å². The second-order valence-electron chi connectivity index (χ2n) is 8.13. The van der Waals surface area contributed by atoms with Crippen LogP contribution in [0.4, 0.5) is 0 Å². The lowest BCUT2D eigenvalue weighted by molar-refractivity contribution is -0.129. The van der Waals surface area contributed by atoms with E-state index in [0.717, 1.165) is 12.0 Å². The second kappa shape index (κ2) is 8.52. The summed E-state index contributed by atoms with van der Waals surface area (Å²) in [6.45, 7) is 9.79. The predicted octanol–water partition coefficient (Wildman–Crippen LogP) is 5.56. The van der Waals surface area contributed by atoms with Crippen molar-refractivity contribution in [3.05, 3.63) is 45.5 Å². The van der Waals surface area contributed by atoms with Gasteiger partial charge in [0.1, 0.15) is 17.3 Å². The highest BCUT2D eigenvalue weighted by Crippen LogP contribution is 2.45. The number of allylic oxidation sites excluding steroid dienone is 4. The second-order valence-corrected chi connectivity index (χ2v) is 8.50. The summed E-state index contributed by atoms with van der Waals surface area (Å²) < 4.78 is 0. The van der Waals surface area contributed by atoms with Crippen LogP contribution in [-0.4, -0.2) is 22.3 Å². The van der Waals surface area contributed by atoms with E-state index >= 15 is 0 Å². The van der Waals surface area contributed by atoms with E-state index in [9.17, 15) is 19.8 Å². The number of phenols is 2. The molecule has 1 aromatic rings. The number of carbonyl (C=O) groups is 2. The first kappa shape index (κ1) is 22.2. The van der Waals surface area contributed by atoms with E-state index in [1.54, 1.807) is 6.92 Å². The van der Waals surface area contributed by atoms with Crippen LogP contribution in [0.5, 0.6) is 11.5 Å². The first-order chi connectivity index (χ1) is 13.0. The molecule has 2 rings (SSSR count). The van der Waals surface area contributed by atoms with Gasteiger partial charge in [0.05, 0.1) is 10.6 Å². The number of aldehydes is 1. The summed E-state index contributed by atoms with van der Waals surface area (Å²) in [6.07, 6.45) is 8.25. The standard InChI is InChI=1S/C23H29ClO4/c1-13(10-11-23(5)14(2)7-9-19(26)16(23)4)6-8-17-21(27)18(12-25)15(3)20(24)22(17)28/h6,10-12,14,16,27-28H,7-9H2,1-5H3/b11-10+,13-6+. The van der Waals surface area contributed by atoms with Gasteiger partial charge in [-0.3, -0.25) is 9.59 Å². The van der Waals surface area contributed by atoms with E-state index in [1.165, 1.54) is 0 Å². The highest BCUT2D eigenvalue weighted by Gasteiger charge is 2.41. The van der Waals surface area contributed by atoms with Gasteiger partial charge in [-0.2, -0.15) is 0 Å². The molecule has 3 unspecified atom stereocenters. The van der Waals surface area contributed by atoms with Crippen molar-refractivity contribution in [2.24, 2.45) is 17.3 Å². The van der Waals surface area contributed by atoms with Gasteiger partial charge in [0.25, 0.3) is 0 Å². The quantitative estimate of drug-likeness (QED) is 0.497. The number of aromatic hydroxyl groups is 2. The van der Waals surface area contributed by atoms with Gasteiger partial charge in [0, 0.05) is 17.9 Å². The van der Waals surface area contributed by atoms with Gasteiger partial charge in [0.15, 0.2) is 6.29 Å². The van der Waals surface area contributed by atoms with Gasteiger partial charge in [-0.05, 0) is 43.6 Å². The number of hydrogen-bond donors (Lipinski definition) is 2. The fourth-order valence-electron chi connectivity index (χ4n) is 3.83. The third kappa shape index (κ3) is 4.02. The SMILES string of the molecule is CC(/C=C/C1(C)C(C)CCC(=O)C1C)=C\Cc1c(O)c(Cl)c(C)c(C=O)c1O. The van der Waals surface area contributed by atoms with E-state index in [0.29, 0.717) is 30.0 Å². The van der Waals surface area contributed by atoms with Crippen molar-refractivity contribution in [3.63, 3.8) is 0 Å². The van der Waals surface area contributed by atoms with Crippen molar-refractivity contribution in [1.82, 2.24) is 0 Å². The lowest BCUT2D eigenvalue weighted by Crippen LogP contribution is -2.40. The van der Waals surface area contributed by atoms with Gasteiger partial charge in [-0.1, -0.05) is 56.2 Å². The van der Waals surface area contributed by atoms with Crippen molar-refractivity contribution in [3.8, 4) is 11.5 Å². The number of halogens is 1. The summed E-state index contributed by atoms with van der Waals surface area (Å²) in [7, 11) is 0. The van der Waals surface area contributed by atoms with Crippen LogP contribution in [0.15, 0.2) is 23.8 Å². The molecular weight excluding hydrogens is 376 g/mol. The Morgan fingerprint density at radius 1 is 1.29 bits per heavy atom. The van der Waals surface area contributed by atoms with Crippen LogP contribution in [0, 0.1) is 24.2 Å². The Bertz CT molecular complexity index is 853. The molecule has 1 aliphatic carbocycles. The summed E-state index contributed by atoms with van der Waals surface area (Å²) in [5.41, 5.74) is 1.41. The van der Waals surface area contributed by atoms with E-state index in [-0.39, 0.29) is 45.4 Å². The summed E-state index contributed by atoms with van der Waals surface area (Å²) in [5.74, 6) is 0.233. The average Bonchev–Trinajstić information content (AvgIpc) is 2.66. The largest absolute Gasteiger partial charge is 0.507 e. The number of hydrogen-bond acceptors (Lipinski definition) is 4. The molecule has 0 saturated heterocycles.